The first-order chi connectivity index (χ1) is 10.1. The highest BCUT2D eigenvalue weighted by molar-refractivity contribution is 5.96. The number of benzene rings is 1. The first-order valence-corrected chi connectivity index (χ1v) is 7.42. The fourth-order valence-electron chi connectivity index (χ4n) is 2.56. The summed E-state index contributed by atoms with van der Waals surface area (Å²) in [6.07, 6.45) is 0.874. The van der Waals surface area contributed by atoms with Crippen molar-refractivity contribution in [2.24, 2.45) is 0 Å². The number of halogens is 1. The summed E-state index contributed by atoms with van der Waals surface area (Å²) in [5.41, 5.74) is 0.921. The zero-order valence-electron chi connectivity index (χ0n) is 12.6. The molecular weight excluding hydrogens is 271 g/mol. The van der Waals surface area contributed by atoms with Gasteiger partial charge in [-0.25, -0.2) is 4.39 Å². The van der Waals surface area contributed by atoms with Crippen LogP contribution >= 0.6 is 0 Å². The molecule has 1 fully saturated rings. The second-order valence-corrected chi connectivity index (χ2v) is 5.16. The van der Waals surface area contributed by atoms with Crippen LogP contribution in [0.5, 0.6) is 0 Å². The van der Waals surface area contributed by atoms with Crippen molar-refractivity contribution in [3.8, 4) is 0 Å². The topological polar surface area (TPSA) is 40.6 Å². The van der Waals surface area contributed by atoms with Crippen molar-refractivity contribution < 1.29 is 14.0 Å². The van der Waals surface area contributed by atoms with Crippen molar-refractivity contribution in [3.05, 3.63) is 29.6 Å². The van der Waals surface area contributed by atoms with Crippen LogP contribution in [0.1, 0.15) is 37.0 Å². The number of hydrogen-bond donors (Lipinski definition) is 0. The molecule has 1 amide bonds. The Morgan fingerprint density at radius 3 is 2.29 bits per heavy atom. The van der Waals surface area contributed by atoms with E-state index in [0.717, 1.165) is 0 Å². The Balaban J connectivity index is 2.07. The molecular formula is C16H21FN2O2. The van der Waals surface area contributed by atoms with Crippen LogP contribution < -0.4 is 4.90 Å². The van der Waals surface area contributed by atoms with Crippen molar-refractivity contribution in [2.45, 2.75) is 26.7 Å². The van der Waals surface area contributed by atoms with Gasteiger partial charge in [0.15, 0.2) is 5.78 Å². The molecule has 1 aliphatic heterocycles. The summed E-state index contributed by atoms with van der Waals surface area (Å²) in [5.74, 6) is -0.289. The van der Waals surface area contributed by atoms with Crippen LogP contribution in [-0.4, -0.2) is 42.8 Å². The zero-order chi connectivity index (χ0) is 15.4. The molecule has 0 atom stereocenters. The maximum absolute atomic E-state index is 14.2. The van der Waals surface area contributed by atoms with Crippen LogP contribution in [0.3, 0.4) is 0 Å². The lowest BCUT2D eigenvalue weighted by molar-refractivity contribution is -0.131. The summed E-state index contributed by atoms with van der Waals surface area (Å²) in [7, 11) is 0. The first-order valence-electron chi connectivity index (χ1n) is 7.42. The SMILES string of the molecule is CCC(=O)c1ccc(N2CCN(C(=O)CC)CC2)c(F)c1. The molecule has 4 nitrogen and oxygen atoms in total. The second kappa shape index (κ2) is 6.70. The minimum atomic E-state index is -0.371. The highest BCUT2D eigenvalue weighted by Gasteiger charge is 2.22. The summed E-state index contributed by atoms with van der Waals surface area (Å²) in [6, 6.07) is 4.65. The van der Waals surface area contributed by atoms with Gasteiger partial charge in [-0.2, -0.15) is 0 Å². The van der Waals surface area contributed by atoms with Gasteiger partial charge in [-0.1, -0.05) is 13.8 Å². The van der Waals surface area contributed by atoms with E-state index >= 15 is 0 Å². The van der Waals surface area contributed by atoms with E-state index in [1.807, 2.05) is 16.7 Å². The minimum absolute atomic E-state index is 0.0567. The predicted octanol–water partition coefficient (Wildman–Crippen LogP) is 2.48. The van der Waals surface area contributed by atoms with Gasteiger partial charge in [0.2, 0.25) is 5.91 Å². The van der Waals surface area contributed by atoms with Crippen molar-refractivity contribution in [3.63, 3.8) is 0 Å². The maximum Gasteiger partial charge on any atom is 0.222 e. The fraction of sp³-hybridized carbons (Fsp3) is 0.500. The number of hydrogen-bond acceptors (Lipinski definition) is 3. The monoisotopic (exact) mass is 292 g/mol. The van der Waals surface area contributed by atoms with Gasteiger partial charge < -0.3 is 9.80 Å². The smallest absolute Gasteiger partial charge is 0.222 e. The lowest BCUT2D eigenvalue weighted by atomic mass is 10.1. The zero-order valence-corrected chi connectivity index (χ0v) is 12.6. The number of amides is 1. The lowest BCUT2D eigenvalue weighted by Gasteiger charge is -2.36. The van der Waals surface area contributed by atoms with E-state index < -0.39 is 0 Å². The first kappa shape index (κ1) is 15.5. The van der Waals surface area contributed by atoms with E-state index in [0.29, 0.717) is 50.3 Å². The van der Waals surface area contributed by atoms with Crippen LogP contribution in [0, 0.1) is 5.82 Å². The van der Waals surface area contributed by atoms with Crippen molar-refractivity contribution in [1.29, 1.82) is 0 Å². The Kier molecular flexibility index (Phi) is 4.94. The fourth-order valence-corrected chi connectivity index (χ4v) is 2.56. The summed E-state index contributed by atoms with van der Waals surface area (Å²) in [5, 5.41) is 0. The van der Waals surface area contributed by atoms with Gasteiger partial charge in [0, 0.05) is 44.6 Å². The van der Waals surface area contributed by atoms with E-state index in [4.69, 9.17) is 0 Å². The summed E-state index contributed by atoms with van der Waals surface area (Å²) in [6.45, 7) is 6.06. The number of piperazine rings is 1. The average molecular weight is 292 g/mol. The van der Waals surface area contributed by atoms with Crippen LogP contribution in [-0.2, 0) is 4.79 Å². The van der Waals surface area contributed by atoms with Crippen LogP contribution in [0.25, 0.3) is 0 Å². The predicted molar refractivity (Wildman–Crippen MR) is 80.1 cm³/mol. The Morgan fingerprint density at radius 2 is 1.76 bits per heavy atom. The molecule has 0 saturated carbocycles. The van der Waals surface area contributed by atoms with Gasteiger partial charge in [-0.15, -0.1) is 0 Å². The largest absolute Gasteiger partial charge is 0.366 e. The molecule has 1 aliphatic rings. The van der Waals surface area contributed by atoms with Crippen molar-refractivity contribution >= 4 is 17.4 Å². The van der Waals surface area contributed by atoms with Gasteiger partial charge >= 0.3 is 0 Å². The van der Waals surface area contributed by atoms with Crippen molar-refractivity contribution in [2.75, 3.05) is 31.1 Å². The van der Waals surface area contributed by atoms with E-state index in [2.05, 4.69) is 0 Å². The van der Waals surface area contributed by atoms with Gasteiger partial charge in [-0.05, 0) is 18.2 Å². The molecule has 1 heterocycles. The molecule has 5 heteroatoms. The van der Waals surface area contributed by atoms with Gasteiger partial charge in [0.05, 0.1) is 5.69 Å². The molecule has 114 valence electrons. The van der Waals surface area contributed by atoms with E-state index in [-0.39, 0.29) is 17.5 Å². The molecule has 2 rings (SSSR count). The molecule has 0 aromatic heterocycles. The molecule has 1 saturated heterocycles. The van der Waals surface area contributed by atoms with Gasteiger partial charge in [0.1, 0.15) is 5.82 Å². The molecule has 0 bridgehead atoms. The third kappa shape index (κ3) is 3.40. The van der Waals surface area contributed by atoms with Crippen LogP contribution in [0.2, 0.25) is 0 Å². The second-order valence-electron chi connectivity index (χ2n) is 5.16. The quantitative estimate of drug-likeness (QED) is 0.801. The molecule has 0 unspecified atom stereocenters. The molecule has 0 radical (unpaired) electrons. The Labute approximate surface area is 124 Å². The number of rotatable bonds is 4. The van der Waals surface area contributed by atoms with Crippen LogP contribution in [0.15, 0.2) is 18.2 Å². The normalized spacial score (nSPS) is 15.2. The molecule has 0 N–H and O–H groups in total. The van der Waals surface area contributed by atoms with E-state index in [1.165, 1.54) is 6.07 Å². The minimum Gasteiger partial charge on any atom is -0.366 e. The number of Topliss-reactive ketones (excluding diaryl/α,β-unsaturated/α-hetero) is 1. The third-order valence-corrected chi connectivity index (χ3v) is 3.87. The third-order valence-electron chi connectivity index (χ3n) is 3.87. The number of anilines is 1. The summed E-state index contributed by atoms with van der Waals surface area (Å²) >= 11 is 0. The summed E-state index contributed by atoms with van der Waals surface area (Å²) in [4.78, 5) is 26.9. The Hall–Kier alpha value is -1.91. The maximum atomic E-state index is 14.2. The Morgan fingerprint density at radius 1 is 1.10 bits per heavy atom. The number of ketones is 1. The molecule has 1 aromatic carbocycles. The molecule has 0 spiro atoms. The molecule has 21 heavy (non-hydrogen) atoms. The Bertz CT molecular complexity index is 537. The highest BCUT2D eigenvalue weighted by Crippen LogP contribution is 2.22. The van der Waals surface area contributed by atoms with Gasteiger partial charge in [0.25, 0.3) is 0 Å². The average Bonchev–Trinajstić information content (AvgIpc) is 2.53. The van der Waals surface area contributed by atoms with Crippen LogP contribution in [0.4, 0.5) is 10.1 Å². The standard InChI is InChI=1S/C16H21FN2O2/c1-3-15(20)12-5-6-14(13(17)11-12)18-7-9-19(10-8-18)16(21)4-2/h5-6,11H,3-4,7-10H2,1-2H3. The lowest BCUT2D eigenvalue weighted by Crippen LogP contribution is -2.48. The highest BCUT2D eigenvalue weighted by atomic mass is 19.1. The van der Waals surface area contributed by atoms with Crippen molar-refractivity contribution in [1.82, 2.24) is 4.90 Å². The molecule has 1 aromatic rings. The van der Waals surface area contributed by atoms with E-state index in [1.54, 1.807) is 19.1 Å². The number of carbonyl (C=O) groups excluding carboxylic acids is 2. The number of carbonyl (C=O) groups is 2. The van der Waals surface area contributed by atoms with Gasteiger partial charge in [-0.3, -0.25) is 9.59 Å². The summed E-state index contributed by atoms with van der Waals surface area (Å²) < 4.78 is 14.2. The number of nitrogens with zero attached hydrogens (tertiary/aromatic N) is 2. The molecule has 0 aliphatic carbocycles. The van der Waals surface area contributed by atoms with E-state index in [9.17, 15) is 14.0 Å².